The molecule has 0 aromatic carbocycles. The highest BCUT2D eigenvalue weighted by Gasteiger charge is 2.66. The van der Waals surface area contributed by atoms with Gasteiger partial charge in [0.1, 0.15) is 5.60 Å². The first kappa shape index (κ1) is 17.5. The smallest absolute Gasteiger partial charge is 0.161 e. The third-order valence-corrected chi connectivity index (χ3v) is 9.01. The molecule has 25 heavy (non-hydrogen) atoms. The number of hydrogen-bond donors (Lipinski definition) is 1. The number of Topliss-reactive ketones (excluding diaryl/α,β-unsaturated/α-hetero) is 1. The fourth-order valence-corrected chi connectivity index (χ4v) is 7.58. The van der Waals surface area contributed by atoms with Gasteiger partial charge in [-0.05, 0) is 80.6 Å². The van der Waals surface area contributed by atoms with Crippen LogP contribution in [0.5, 0.6) is 0 Å². The second-order valence-electron chi connectivity index (χ2n) is 9.91. The summed E-state index contributed by atoms with van der Waals surface area (Å²) < 4.78 is 0. The maximum Gasteiger partial charge on any atom is 0.161 e. The lowest BCUT2D eigenvalue weighted by Crippen LogP contribution is -2.57. The van der Waals surface area contributed by atoms with E-state index in [0.29, 0.717) is 42.3 Å². The number of carbonyl (C=O) groups excluding carboxylic acids is 2. The van der Waals surface area contributed by atoms with Crippen molar-refractivity contribution in [2.45, 2.75) is 78.2 Å². The monoisotopic (exact) mass is 344 g/mol. The van der Waals surface area contributed by atoms with Crippen LogP contribution in [0.25, 0.3) is 0 Å². The van der Waals surface area contributed by atoms with Gasteiger partial charge in [0.05, 0.1) is 0 Å². The lowest BCUT2D eigenvalue weighted by atomic mass is 9.45. The molecule has 3 nitrogen and oxygen atoms in total. The van der Waals surface area contributed by atoms with Gasteiger partial charge in [-0.25, -0.2) is 0 Å². The Morgan fingerprint density at radius 2 is 1.84 bits per heavy atom. The second-order valence-corrected chi connectivity index (χ2v) is 9.91. The molecular weight excluding hydrogens is 312 g/mol. The van der Waals surface area contributed by atoms with Gasteiger partial charge < -0.3 is 5.11 Å². The lowest BCUT2D eigenvalue weighted by Gasteiger charge is -2.60. The molecule has 0 aliphatic heterocycles. The molecule has 3 heteroatoms. The molecule has 0 amide bonds. The summed E-state index contributed by atoms with van der Waals surface area (Å²) in [4.78, 5) is 24.3. The van der Waals surface area contributed by atoms with Crippen LogP contribution < -0.4 is 0 Å². The van der Waals surface area contributed by atoms with Crippen LogP contribution in [0, 0.1) is 34.5 Å². The van der Waals surface area contributed by atoms with Gasteiger partial charge in [0.25, 0.3) is 0 Å². The largest absolute Gasteiger partial charge is 0.382 e. The first-order valence-corrected chi connectivity index (χ1v) is 10.1. The normalized spacial score (nSPS) is 52.0. The number of fused-ring (bicyclic) bond motifs is 5. The molecule has 7 atom stereocenters. The Morgan fingerprint density at radius 3 is 2.52 bits per heavy atom. The van der Waals surface area contributed by atoms with E-state index < -0.39 is 5.60 Å². The molecule has 3 fully saturated rings. The molecule has 0 radical (unpaired) electrons. The Balaban J connectivity index is 1.73. The molecule has 0 heterocycles. The summed E-state index contributed by atoms with van der Waals surface area (Å²) in [5.74, 6) is 2.27. The van der Waals surface area contributed by atoms with Crippen molar-refractivity contribution in [2.24, 2.45) is 34.5 Å². The molecule has 1 N–H and O–H groups in total. The zero-order chi connectivity index (χ0) is 18.2. The van der Waals surface area contributed by atoms with Crippen molar-refractivity contribution in [1.82, 2.24) is 0 Å². The van der Waals surface area contributed by atoms with Gasteiger partial charge in [0, 0.05) is 11.8 Å². The second kappa shape index (κ2) is 5.28. The molecule has 0 unspecified atom stereocenters. The summed E-state index contributed by atoms with van der Waals surface area (Å²) in [5.41, 5.74) is 0.107. The van der Waals surface area contributed by atoms with E-state index in [9.17, 15) is 14.7 Å². The van der Waals surface area contributed by atoms with Crippen molar-refractivity contribution in [3.8, 4) is 0 Å². The number of carbonyl (C=O) groups is 2. The topological polar surface area (TPSA) is 54.4 Å². The number of aliphatic hydroxyl groups is 1. The molecule has 0 bridgehead atoms. The molecular formula is C22H32O3. The summed E-state index contributed by atoms with van der Waals surface area (Å²) in [6, 6.07) is 0. The SMILES string of the molecule is CC(=O)[C@]1(O)CC[C@@H]2[C@@H]3C[C@@H](C)C4=CC(=O)CC[C@]4(C)[C@@H]3CC[C@@]21C. The van der Waals surface area contributed by atoms with Crippen LogP contribution in [0.1, 0.15) is 72.6 Å². The van der Waals surface area contributed by atoms with E-state index in [4.69, 9.17) is 0 Å². The van der Waals surface area contributed by atoms with E-state index in [-0.39, 0.29) is 16.6 Å². The van der Waals surface area contributed by atoms with Crippen molar-refractivity contribution in [3.63, 3.8) is 0 Å². The molecule has 138 valence electrons. The minimum atomic E-state index is -1.13. The maximum absolute atomic E-state index is 12.3. The van der Waals surface area contributed by atoms with Crippen LogP contribution in [-0.4, -0.2) is 22.3 Å². The van der Waals surface area contributed by atoms with Gasteiger partial charge in [-0.15, -0.1) is 0 Å². The summed E-state index contributed by atoms with van der Waals surface area (Å²) in [5, 5.41) is 11.2. The van der Waals surface area contributed by atoms with E-state index >= 15 is 0 Å². The molecule has 3 saturated carbocycles. The van der Waals surface area contributed by atoms with Crippen LogP contribution in [0.15, 0.2) is 11.6 Å². The van der Waals surface area contributed by atoms with Crippen molar-refractivity contribution in [3.05, 3.63) is 11.6 Å². The first-order chi connectivity index (χ1) is 11.6. The predicted octanol–water partition coefficient (Wildman–Crippen LogP) is 4.08. The van der Waals surface area contributed by atoms with Crippen LogP contribution in [-0.2, 0) is 9.59 Å². The third-order valence-electron chi connectivity index (χ3n) is 9.01. The summed E-state index contributed by atoms with van der Waals surface area (Å²) in [6.45, 7) is 8.40. The number of hydrogen-bond acceptors (Lipinski definition) is 3. The van der Waals surface area contributed by atoms with Gasteiger partial charge >= 0.3 is 0 Å². The van der Waals surface area contributed by atoms with Crippen LogP contribution in [0.2, 0.25) is 0 Å². The third kappa shape index (κ3) is 2.08. The van der Waals surface area contributed by atoms with Gasteiger partial charge in [0.15, 0.2) is 11.6 Å². The number of ketones is 2. The van der Waals surface area contributed by atoms with Crippen molar-refractivity contribution in [1.29, 1.82) is 0 Å². The molecule has 4 rings (SSSR count). The average Bonchev–Trinajstić information content (AvgIpc) is 2.83. The van der Waals surface area contributed by atoms with Gasteiger partial charge in [-0.2, -0.15) is 0 Å². The molecule has 0 aromatic heterocycles. The van der Waals surface area contributed by atoms with Crippen molar-refractivity contribution < 1.29 is 14.7 Å². The highest BCUT2D eigenvalue weighted by atomic mass is 16.3. The molecule has 0 spiro atoms. The highest BCUT2D eigenvalue weighted by molar-refractivity contribution is 5.91. The average molecular weight is 344 g/mol. The molecule has 4 aliphatic rings. The Labute approximate surface area is 151 Å². The maximum atomic E-state index is 12.3. The minimum Gasteiger partial charge on any atom is -0.382 e. The number of allylic oxidation sites excluding steroid dienone is 1. The fourth-order valence-electron chi connectivity index (χ4n) is 7.58. The molecule has 0 saturated heterocycles. The van der Waals surface area contributed by atoms with Crippen molar-refractivity contribution >= 4 is 11.6 Å². The Bertz CT molecular complexity index is 664. The zero-order valence-electron chi connectivity index (χ0n) is 16.1. The van der Waals surface area contributed by atoms with E-state index in [1.807, 2.05) is 6.08 Å². The van der Waals surface area contributed by atoms with Crippen LogP contribution in [0.4, 0.5) is 0 Å². The van der Waals surface area contributed by atoms with Crippen LogP contribution >= 0.6 is 0 Å². The molecule has 4 aliphatic carbocycles. The van der Waals surface area contributed by atoms with Gasteiger partial charge in [-0.1, -0.05) is 26.3 Å². The quantitative estimate of drug-likeness (QED) is 0.779. The first-order valence-electron chi connectivity index (χ1n) is 10.1. The van der Waals surface area contributed by atoms with Gasteiger partial charge in [-0.3, -0.25) is 9.59 Å². The minimum absolute atomic E-state index is 0.0464. The summed E-state index contributed by atoms with van der Waals surface area (Å²) in [7, 11) is 0. The summed E-state index contributed by atoms with van der Waals surface area (Å²) >= 11 is 0. The Kier molecular flexibility index (Phi) is 3.69. The van der Waals surface area contributed by atoms with E-state index in [1.165, 1.54) is 5.57 Å². The predicted molar refractivity (Wildman–Crippen MR) is 96.9 cm³/mol. The summed E-state index contributed by atoms with van der Waals surface area (Å²) in [6.07, 6.45) is 8.31. The lowest BCUT2D eigenvalue weighted by molar-refractivity contribution is -0.161. The van der Waals surface area contributed by atoms with Crippen molar-refractivity contribution in [2.75, 3.05) is 0 Å². The standard InChI is InChI=1S/C22H32O3/c1-13-11-16-17(20(3)8-5-15(24)12-19(13)20)6-9-21(4)18(16)7-10-22(21,25)14(2)23/h12-13,16-18,25H,5-11H2,1-4H3/t13-,16-,17-,18-,20-,21+,22-/m1/s1. The van der Waals surface area contributed by atoms with E-state index in [0.717, 1.165) is 32.1 Å². The van der Waals surface area contributed by atoms with Crippen LogP contribution in [0.3, 0.4) is 0 Å². The number of rotatable bonds is 1. The van der Waals surface area contributed by atoms with Gasteiger partial charge in [0.2, 0.25) is 0 Å². The molecule has 0 aromatic rings. The van der Waals surface area contributed by atoms with E-state index in [1.54, 1.807) is 6.92 Å². The highest BCUT2D eigenvalue weighted by Crippen LogP contribution is 2.68. The fraction of sp³-hybridized carbons (Fsp3) is 0.818. The zero-order valence-corrected chi connectivity index (χ0v) is 16.1. The van der Waals surface area contributed by atoms with E-state index in [2.05, 4.69) is 20.8 Å². The Morgan fingerprint density at radius 1 is 1.16 bits per heavy atom. The Hall–Kier alpha value is -0.960.